The molecule has 4 aromatic rings. The van der Waals surface area contributed by atoms with Gasteiger partial charge in [-0.1, -0.05) is 48.5 Å². The first-order chi connectivity index (χ1) is 20.7. The minimum absolute atomic E-state index is 0.0241. The Morgan fingerprint density at radius 3 is 2.19 bits per heavy atom. The zero-order valence-corrected chi connectivity index (χ0v) is 23.4. The van der Waals surface area contributed by atoms with Gasteiger partial charge in [0, 0.05) is 35.6 Å². The molecule has 1 N–H and O–H groups in total. The van der Waals surface area contributed by atoms with Gasteiger partial charge in [-0.15, -0.1) is 13.2 Å². The van der Waals surface area contributed by atoms with Crippen LogP contribution in [-0.4, -0.2) is 49.5 Å². The molecule has 0 spiro atoms. The summed E-state index contributed by atoms with van der Waals surface area (Å²) >= 11 is 0. The molecule has 4 aromatic carbocycles. The first-order valence-corrected chi connectivity index (χ1v) is 13.7. The van der Waals surface area contributed by atoms with Crippen LogP contribution in [0.5, 0.6) is 0 Å². The number of hydroxylamine groups is 2. The molecule has 2 amide bonds. The van der Waals surface area contributed by atoms with Crippen molar-refractivity contribution >= 4 is 23.2 Å². The third-order valence-electron chi connectivity index (χ3n) is 7.05. The molecule has 7 nitrogen and oxygen atoms in total. The molecule has 1 aliphatic heterocycles. The molecule has 5 rings (SSSR count). The van der Waals surface area contributed by atoms with E-state index in [4.69, 9.17) is 4.74 Å². The average Bonchev–Trinajstić information content (AvgIpc) is 3.01. The van der Waals surface area contributed by atoms with Crippen molar-refractivity contribution in [2.24, 2.45) is 0 Å². The number of benzene rings is 4. The summed E-state index contributed by atoms with van der Waals surface area (Å²) in [7, 11) is 0. The molecule has 1 fully saturated rings. The van der Waals surface area contributed by atoms with Crippen LogP contribution in [0.1, 0.15) is 31.8 Å². The number of carbonyl (C=O) groups is 2. The van der Waals surface area contributed by atoms with Gasteiger partial charge in [0.05, 0.1) is 19.8 Å². The number of amides is 2. The Morgan fingerprint density at radius 1 is 0.884 bits per heavy atom. The number of rotatable bonds is 8. The van der Waals surface area contributed by atoms with Crippen molar-refractivity contribution in [1.29, 1.82) is 0 Å². The van der Waals surface area contributed by atoms with Gasteiger partial charge in [0.2, 0.25) is 0 Å². The number of nitrogens with one attached hydrogen (secondary N) is 1. The summed E-state index contributed by atoms with van der Waals surface area (Å²) in [5, 5.41) is 3.22. The van der Waals surface area contributed by atoms with E-state index < -0.39 is 12.3 Å². The summed E-state index contributed by atoms with van der Waals surface area (Å²) in [6.45, 7) is 4.52. The molecule has 222 valence electrons. The number of nitrogens with zero attached hydrogens (tertiary/aromatic N) is 2. The Morgan fingerprint density at radius 2 is 1.53 bits per heavy atom. The second-order valence-corrected chi connectivity index (χ2v) is 10.1. The van der Waals surface area contributed by atoms with Crippen LogP contribution < -0.4 is 10.2 Å². The van der Waals surface area contributed by atoms with E-state index >= 15 is 0 Å². The number of alkyl halides is 3. The number of anilines is 2. The average molecular weight is 590 g/mol. The van der Waals surface area contributed by atoms with E-state index in [0.29, 0.717) is 40.7 Å². The van der Waals surface area contributed by atoms with E-state index in [1.807, 2.05) is 37.3 Å². The van der Waals surface area contributed by atoms with Crippen LogP contribution in [0.3, 0.4) is 0 Å². The number of hydrogen-bond acceptors (Lipinski definition) is 5. The zero-order chi connectivity index (χ0) is 30.4. The lowest BCUT2D eigenvalue weighted by Crippen LogP contribution is -2.36. The third kappa shape index (κ3) is 7.79. The third-order valence-corrected chi connectivity index (χ3v) is 7.05. The van der Waals surface area contributed by atoms with Gasteiger partial charge in [-0.2, -0.15) is 4.84 Å². The van der Waals surface area contributed by atoms with Gasteiger partial charge in [-0.3, -0.25) is 9.59 Å². The molecule has 0 radical (unpaired) electrons. The maximum absolute atomic E-state index is 13.1. The van der Waals surface area contributed by atoms with Crippen molar-refractivity contribution < 1.29 is 32.3 Å². The highest BCUT2D eigenvalue weighted by Gasteiger charge is 2.36. The van der Waals surface area contributed by atoms with Crippen LogP contribution in [0, 0.1) is 6.92 Å². The molecule has 1 saturated heterocycles. The fourth-order valence-electron chi connectivity index (χ4n) is 4.81. The van der Waals surface area contributed by atoms with E-state index in [1.165, 1.54) is 12.1 Å². The minimum atomic E-state index is -5.03. The fourth-order valence-corrected chi connectivity index (χ4v) is 4.81. The number of morpholine rings is 1. The van der Waals surface area contributed by atoms with Crippen LogP contribution in [0.15, 0.2) is 97.1 Å². The summed E-state index contributed by atoms with van der Waals surface area (Å²) in [6.07, 6.45) is -5.03. The molecule has 0 saturated carbocycles. The maximum atomic E-state index is 13.1. The Hall–Kier alpha value is -4.67. The molecule has 0 aliphatic carbocycles. The number of halogens is 3. The predicted octanol–water partition coefficient (Wildman–Crippen LogP) is 6.84. The maximum Gasteiger partial charge on any atom is 0.544 e. The van der Waals surface area contributed by atoms with Crippen molar-refractivity contribution in [3.05, 3.63) is 119 Å². The lowest BCUT2D eigenvalue weighted by molar-refractivity contribution is -0.400. The smallest absolute Gasteiger partial charge is 0.378 e. The highest BCUT2D eigenvalue weighted by atomic mass is 19.4. The summed E-state index contributed by atoms with van der Waals surface area (Å²) in [5.41, 5.74) is 5.00. The SMILES string of the molecule is Cc1ccc(C(=O)Nc2ccc(N3CCOCC3)cc2)cc1-c1ccc(C(=O)N(Cc2ccccc2)OC(F)(F)F)cc1. The monoisotopic (exact) mass is 589 g/mol. The summed E-state index contributed by atoms with van der Waals surface area (Å²) in [6, 6.07) is 27.4. The van der Waals surface area contributed by atoms with Gasteiger partial charge in [0.15, 0.2) is 0 Å². The highest BCUT2D eigenvalue weighted by molar-refractivity contribution is 6.05. The zero-order valence-electron chi connectivity index (χ0n) is 23.4. The number of carbonyl (C=O) groups excluding carboxylic acids is 2. The number of hydrogen-bond donors (Lipinski definition) is 1. The molecule has 0 bridgehead atoms. The molecule has 10 heteroatoms. The van der Waals surface area contributed by atoms with Crippen molar-refractivity contribution in [3.63, 3.8) is 0 Å². The van der Waals surface area contributed by atoms with Crippen molar-refractivity contribution in [2.45, 2.75) is 19.8 Å². The topological polar surface area (TPSA) is 71.1 Å². The van der Waals surface area contributed by atoms with Crippen LogP contribution >= 0.6 is 0 Å². The van der Waals surface area contributed by atoms with Crippen LogP contribution in [0.4, 0.5) is 24.5 Å². The fraction of sp³-hybridized carbons (Fsp3) is 0.212. The van der Waals surface area contributed by atoms with Gasteiger partial charge in [0.25, 0.3) is 11.8 Å². The normalized spacial score (nSPS) is 13.4. The van der Waals surface area contributed by atoms with Crippen LogP contribution in [0.2, 0.25) is 0 Å². The second-order valence-electron chi connectivity index (χ2n) is 10.1. The molecular weight excluding hydrogens is 559 g/mol. The van der Waals surface area contributed by atoms with E-state index in [9.17, 15) is 22.8 Å². The minimum Gasteiger partial charge on any atom is -0.378 e. The molecule has 43 heavy (non-hydrogen) atoms. The van der Waals surface area contributed by atoms with Gasteiger partial charge >= 0.3 is 6.36 Å². The quantitative estimate of drug-likeness (QED) is 0.228. The van der Waals surface area contributed by atoms with Gasteiger partial charge in [-0.05, 0) is 77.7 Å². The Balaban J connectivity index is 1.30. The van der Waals surface area contributed by atoms with Crippen molar-refractivity contribution in [1.82, 2.24) is 5.06 Å². The Kier molecular flexibility index (Phi) is 9.08. The summed E-state index contributed by atoms with van der Waals surface area (Å²) < 4.78 is 44.7. The second kappa shape index (κ2) is 13.1. The van der Waals surface area contributed by atoms with Gasteiger partial charge in [0.1, 0.15) is 0 Å². The Labute approximate surface area is 247 Å². The first-order valence-electron chi connectivity index (χ1n) is 13.7. The Bertz CT molecular complexity index is 1550. The summed E-state index contributed by atoms with van der Waals surface area (Å²) in [4.78, 5) is 32.4. The van der Waals surface area contributed by atoms with Crippen molar-refractivity contribution in [2.75, 3.05) is 36.5 Å². The van der Waals surface area contributed by atoms with Gasteiger partial charge < -0.3 is 15.0 Å². The van der Waals surface area contributed by atoms with E-state index in [2.05, 4.69) is 15.1 Å². The number of ether oxygens (including phenoxy) is 1. The van der Waals surface area contributed by atoms with E-state index in [-0.39, 0.29) is 18.0 Å². The van der Waals surface area contributed by atoms with Gasteiger partial charge in [-0.25, -0.2) is 5.06 Å². The largest absolute Gasteiger partial charge is 0.544 e. The number of aryl methyl sites for hydroxylation is 1. The van der Waals surface area contributed by atoms with Crippen LogP contribution in [0.25, 0.3) is 11.1 Å². The molecule has 0 unspecified atom stereocenters. The predicted molar refractivity (Wildman–Crippen MR) is 157 cm³/mol. The van der Waals surface area contributed by atoms with E-state index in [1.54, 1.807) is 54.6 Å². The molecule has 1 aliphatic rings. The van der Waals surface area contributed by atoms with E-state index in [0.717, 1.165) is 29.9 Å². The lowest BCUT2D eigenvalue weighted by atomic mass is 9.97. The molecule has 0 atom stereocenters. The summed E-state index contributed by atoms with van der Waals surface area (Å²) in [5.74, 6) is -1.22. The standard InChI is InChI=1S/C33H30F3N3O4/c1-23-7-8-27(31(40)37-28-13-15-29(16-14-28)38-17-19-42-20-18-38)21-30(23)25-9-11-26(12-10-25)32(41)39(43-33(34,35)36)22-24-5-3-2-4-6-24/h2-16,21H,17-20,22H2,1H3,(H,37,40). The molecule has 0 aromatic heterocycles. The highest BCUT2D eigenvalue weighted by Crippen LogP contribution is 2.28. The van der Waals surface area contributed by atoms with Crippen molar-refractivity contribution in [3.8, 4) is 11.1 Å². The molecule has 1 heterocycles. The van der Waals surface area contributed by atoms with Crippen LogP contribution in [-0.2, 0) is 16.1 Å². The lowest BCUT2D eigenvalue weighted by Gasteiger charge is -2.28. The molecular formula is C33H30F3N3O4. The first kappa shape index (κ1) is 29.8.